The number of hydrogen-bond donors (Lipinski definition) is 5. The highest BCUT2D eigenvalue weighted by atomic mass is 16.4. The second-order valence-electron chi connectivity index (χ2n) is 8.54. The quantitative estimate of drug-likeness (QED) is 0.295. The molecular weight excluding hydrogens is 388 g/mol. The largest absolute Gasteiger partial charge is 0.480 e. The van der Waals surface area contributed by atoms with E-state index in [-0.39, 0.29) is 17.8 Å². The van der Waals surface area contributed by atoms with Gasteiger partial charge in [-0.15, -0.1) is 0 Å². The molecule has 0 saturated carbocycles. The first-order valence-electron chi connectivity index (χ1n) is 10.7. The van der Waals surface area contributed by atoms with Gasteiger partial charge < -0.3 is 26.8 Å². The zero-order valence-corrected chi connectivity index (χ0v) is 19.3. The fourth-order valence-corrected chi connectivity index (χ4v) is 2.82. The second-order valence-corrected chi connectivity index (χ2v) is 8.54. The van der Waals surface area contributed by atoms with Crippen molar-refractivity contribution >= 4 is 23.7 Å². The summed E-state index contributed by atoms with van der Waals surface area (Å²) in [7, 11) is 0. The molecule has 0 spiro atoms. The van der Waals surface area contributed by atoms with Gasteiger partial charge in [-0.05, 0) is 31.1 Å². The number of rotatable bonds is 13. The first-order chi connectivity index (χ1) is 13.8. The summed E-state index contributed by atoms with van der Waals surface area (Å²) in [5.41, 5.74) is 5.90. The monoisotopic (exact) mass is 428 g/mol. The van der Waals surface area contributed by atoms with Gasteiger partial charge in [0.05, 0.1) is 6.04 Å². The number of carbonyl (C=O) groups is 4. The maximum absolute atomic E-state index is 12.7. The third kappa shape index (κ3) is 9.11. The van der Waals surface area contributed by atoms with Crippen molar-refractivity contribution in [3.63, 3.8) is 0 Å². The highest BCUT2D eigenvalue weighted by Crippen LogP contribution is 2.11. The Hall–Kier alpha value is -2.16. The van der Waals surface area contributed by atoms with Crippen LogP contribution >= 0.6 is 0 Å². The van der Waals surface area contributed by atoms with Gasteiger partial charge in [-0.2, -0.15) is 0 Å². The topological polar surface area (TPSA) is 151 Å². The minimum Gasteiger partial charge on any atom is -0.480 e. The van der Waals surface area contributed by atoms with Crippen molar-refractivity contribution in [2.45, 2.75) is 91.9 Å². The summed E-state index contributed by atoms with van der Waals surface area (Å²) in [5.74, 6) is -2.85. The van der Waals surface area contributed by atoms with Gasteiger partial charge in [0.2, 0.25) is 17.7 Å². The van der Waals surface area contributed by atoms with Gasteiger partial charge in [-0.25, -0.2) is 4.79 Å². The summed E-state index contributed by atoms with van der Waals surface area (Å²) in [6.07, 6.45) is 1.64. The Morgan fingerprint density at radius 1 is 0.800 bits per heavy atom. The lowest BCUT2D eigenvalue weighted by molar-refractivity contribution is -0.144. The van der Waals surface area contributed by atoms with E-state index in [0.29, 0.717) is 12.8 Å². The van der Waals surface area contributed by atoms with E-state index in [1.54, 1.807) is 6.92 Å². The zero-order chi connectivity index (χ0) is 23.6. The predicted octanol–water partition coefficient (Wildman–Crippen LogP) is 1.01. The lowest BCUT2D eigenvalue weighted by atomic mass is 9.97. The van der Waals surface area contributed by atoms with Crippen LogP contribution in [0.3, 0.4) is 0 Å². The molecule has 174 valence electrons. The fourth-order valence-electron chi connectivity index (χ4n) is 2.82. The number of hydrogen-bond acceptors (Lipinski definition) is 5. The van der Waals surface area contributed by atoms with E-state index in [2.05, 4.69) is 16.0 Å². The molecule has 9 nitrogen and oxygen atoms in total. The Morgan fingerprint density at radius 3 is 1.77 bits per heavy atom. The van der Waals surface area contributed by atoms with E-state index in [4.69, 9.17) is 5.73 Å². The molecule has 0 rings (SSSR count). The zero-order valence-electron chi connectivity index (χ0n) is 19.3. The van der Waals surface area contributed by atoms with Gasteiger partial charge in [0.25, 0.3) is 0 Å². The lowest BCUT2D eigenvalue weighted by Gasteiger charge is -2.26. The normalized spacial score (nSPS) is 17.2. The Kier molecular flexibility index (Phi) is 12.3. The lowest BCUT2D eigenvalue weighted by Crippen LogP contribution is -2.57. The molecule has 0 saturated heterocycles. The van der Waals surface area contributed by atoms with Crippen LogP contribution in [0.5, 0.6) is 0 Å². The first-order valence-corrected chi connectivity index (χ1v) is 10.7. The Morgan fingerprint density at radius 2 is 1.33 bits per heavy atom. The Labute approximate surface area is 179 Å². The van der Waals surface area contributed by atoms with Gasteiger partial charge in [0.1, 0.15) is 18.1 Å². The van der Waals surface area contributed by atoms with Crippen LogP contribution in [-0.4, -0.2) is 53.0 Å². The summed E-state index contributed by atoms with van der Waals surface area (Å²) in [5, 5.41) is 17.2. The molecule has 6 unspecified atom stereocenters. The molecular formula is C21H40N4O5. The third-order valence-corrected chi connectivity index (χ3v) is 5.43. The number of carboxylic acid groups (broad SMARTS) is 1. The molecule has 30 heavy (non-hydrogen) atoms. The van der Waals surface area contributed by atoms with Crippen molar-refractivity contribution < 1.29 is 24.3 Å². The number of carboxylic acids is 1. The van der Waals surface area contributed by atoms with E-state index < -0.39 is 47.9 Å². The predicted molar refractivity (Wildman–Crippen MR) is 115 cm³/mol. The van der Waals surface area contributed by atoms with Crippen molar-refractivity contribution in [1.29, 1.82) is 0 Å². The highest BCUT2D eigenvalue weighted by molar-refractivity contribution is 5.93. The smallest absolute Gasteiger partial charge is 0.326 e. The van der Waals surface area contributed by atoms with Gasteiger partial charge in [0, 0.05) is 0 Å². The van der Waals surface area contributed by atoms with Crippen molar-refractivity contribution in [3.05, 3.63) is 0 Å². The molecule has 0 aliphatic heterocycles. The molecule has 0 radical (unpaired) electrons. The van der Waals surface area contributed by atoms with Gasteiger partial charge in [0.15, 0.2) is 0 Å². The standard InChI is InChI=1S/C21H40N4O5/c1-8-12(5)16(22)20(28)23-14(7)18(26)24-15(10-11(3)4)19(27)25-17(21(29)30)13(6)9-2/h11-17H,8-10,22H2,1-7H3,(H,23,28)(H,24,26)(H,25,27)(H,29,30). The van der Waals surface area contributed by atoms with Crippen LogP contribution in [0.2, 0.25) is 0 Å². The van der Waals surface area contributed by atoms with E-state index in [0.717, 1.165) is 6.42 Å². The molecule has 0 aromatic carbocycles. The molecule has 9 heteroatoms. The Bertz CT molecular complexity index is 596. The molecule has 0 aliphatic carbocycles. The maximum Gasteiger partial charge on any atom is 0.326 e. The van der Waals surface area contributed by atoms with Crippen molar-refractivity contribution in [3.8, 4) is 0 Å². The van der Waals surface area contributed by atoms with E-state index >= 15 is 0 Å². The molecule has 6 N–H and O–H groups in total. The summed E-state index contributed by atoms with van der Waals surface area (Å²) in [6, 6.07) is -3.57. The number of nitrogens with one attached hydrogen (secondary N) is 3. The average molecular weight is 429 g/mol. The van der Waals surface area contributed by atoms with Crippen LogP contribution in [0.25, 0.3) is 0 Å². The van der Waals surface area contributed by atoms with Crippen molar-refractivity contribution in [2.75, 3.05) is 0 Å². The van der Waals surface area contributed by atoms with Gasteiger partial charge in [-0.3, -0.25) is 14.4 Å². The summed E-state index contributed by atoms with van der Waals surface area (Å²) >= 11 is 0. The van der Waals surface area contributed by atoms with Crippen LogP contribution in [0.4, 0.5) is 0 Å². The van der Waals surface area contributed by atoms with Crippen molar-refractivity contribution in [1.82, 2.24) is 16.0 Å². The Balaban J connectivity index is 5.18. The second kappa shape index (κ2) is 13.2. The molecule has 0 fully saturated rings. The summed E-state index contributed by atoms with van der Waals surface area (Å²) < 4.78 is 0. The van der Waals surface area contributed by atoms with E-state index in [1.807, 2.05) is 34.6 Å². The van der Waals surface area contributed by atoms with Gasteiger partial charge in [-0.1, -0.05) is 54.4 Å². The van der Waals surface area contributed by atoms with Crippen LogP contribution in [0.15, 0.2) is 0 Å². The molecule has 0 bridgehead atoms. The van der Waals surface area contributed by atoms with Gasteiger partial charge >= 0.3 is 5.97 Å². The number of nitrogens with two attached hydrogens (primary N) is 1. The molecule has 3 amide bonds. The van der Waals surface area contributed by atoms with Crippen LogP contribution < -0.4 is 21.7 Å². The maximum atomic E-state index is 12.7. The molecule has 0 aromatic heterocycles. The minimum absolute atomic E-state index is 0.0340. The molecule has 0 aromatic rings. The highest BCUT2D eigenvalue weighted by Gasteiger charge is 2.31. The number of aliphatic carboxylic acids is 1. The third-order valence-electron chi connectivity index (χ3n) is 5.43. The summed E-state index contributed by atoms with van der Waals surface area (Å²) in [4.78, 5) is 49.1. The SMILES string of the molecule is CCC(C)C(N)C(=O)NC(C)C(=O)NC(CC(C)C)C(=O)NC(C(=O)O)C(C)CC. The number of amides is 3. The van der Waals surface area contributed by atoms with Crippen molar-refractivity contribution in [2.24, 2.45) is 23.5 Å². The van der Waals surface area contributed by atoms with Crippen LogP contribution in [0.1, 0.15) is 67.7 Å². The van der Waals surface area contributed by atoms with E-state index in [9.17, 15) is 24.3 Å². The minimum atomic E-state index is -1.12. The van der Waals surface area contributed by atoms with Crippen LogP contribution in [-0.2, 0) is 19.2 Å². The first kappa shape index (κ1) is 27.8. The average Bonchev–Trinajstić information content (AvgIpc) is 2.68. The molecule has 6 atom stereocenters. The van der Waals surface area contributed by atoms with Crippen LogP contribution in [0, 0.1) is 17.8 Å². The van der Waals surface area contributed by atoms with E-state index in [1.165, 1.54) is 6.92 Å². The fraction of sp³-hybridized carbons (Fsp3) is 0.810. The summed E-state index contributed by atoms with van der Waals surface area (Å²) in [6.45, 7) is 12.7. The molecule has 0 heterocycles. The number of carbonyl (C=O) groups excluding carboxylic acids is 3. The molecule has 0 aliphatic rings.